The molecule has 0 saturated heterocycles. The summed E-state index contributed by atoms with van der Waals surface area (Å²) in [5.41, 5.74) is 6.14. The maximum atomic E-state index is 12.3. The lowest BCUT2D eigenvalue weighted by Crippen LogP contribution is -2.54. The van der Waals surface area contributed by atoms with Crippen molar-refractivity contribution in [2.24, 2.45) is 23.5 Å². The molecule has 3 fully saturated rings. The Kier molecular flexibility index (Phi) is 8.01. The molecule has 0 aromatic heterocycles. The molecule has 3 aliphatic carbocycles. The van der Waals surface area contributed by atoms with Crippen LogP contribution in [0, 0.1) is 17.8 Å². The average Bonchev–Trinajstić information content (AvgIpc) is 2.56. The molecule has 2 atom stereocenters. The molecule has 144 valence electrons. The van der Waals surface area contributed by atoms with Crippen LogP contribution in [0.3, 0.4) is 0 Å². The Labute approximate surface area is 157 Å². The number of hydrogen-bond donors (Lipinski definition) is 3. The number of amides is 2. The van der Waals surface area contributed by atoms with Crippen LogP contribution in [0.2, 0.25) is 0 Å². The zero-order chi connectivity index (χ0) is 16.9. The van der Waals surface area contributed by atoms with Gasteiger partial charge in [-0.15, -0.1) is 12.4 Å². The molecule has 0 spiro atoms. The third-order valence-corrected chi connectivity index (χ3v) is 6.33. The molecule has 0 aromatic carbocycles. The second-order valence-corrected chi connectivity index (χ2v) is 8.15. The van der Waals surface area contributed by atoms with E-state index < -0.39 is 0 Å². The van der Waals surface area contributed by atoms with Gasteiger partial charge in [0.15, 0.2) is 0 Å². The van der Waals surface area contributed by atoms with Gasteiger partial charge >= 0.3 is 0 Å². The van der Waals surface area contributed by atoms with Crippen LogP contribution in [0.25, 0.3) is 0 Å². The standard InChI is InChI=1S/C19H33N3O2.ClH/c20-16-11-14-7-4-8-15(12-16)18(14)22-17(23)9-10-21-19(24)13-5-2-1-3-6-13;/h13-16,18H,1-12,20H2,(H,21,24)(H,22,23);1H. The van der Waals surface area contributed by atoms with Crippen LogP contribution in [0.1, 0.15) is 70.6 Å². The first-order valence-electron chi connectivity index (χ1n) is 9.96. The molecule has 0 heterocycles. The summed E-state index contributed by atoms with van der Waals surface area (Å²) in [6.07, 6.45) is 11.7. The highest BCUT2D eigenvalue weighted by Gasteiger charge is 2.39. The van der Waals surface area contributed by atoms with Gasteiger partial charge in [0.2, 0.25) is 11.8 Å². The van der Waals surface area contributed by atoms with Gasteiger partial charge in [-0.1, -0.05) is 25.7 Å². The quantitative estimate of drug-likeness (QED) is 0.694. The first-order valence-corrected chi connectivity index (χ1v) is 9.96. The van der Waals surface area contributed by atoms with Gasteiger partial charge in [0.05, 0.1) is 0 Å². The van der Waals surface area contributed by atoms with Crippen molar-refractivity contribution in [2.75, 3.05) is 6.54 Å². The summed E-state index contributed by atoms with van der Waals surface area (Å²) >= 11 is 0. The number of hydrogen-bond acceptors (Lipinski definition) is 3. The number of fused-ring (bicyclic) bond motifs is 2. The van der Waals surface area contributed by atoms with E-state index >= 15 is 0 Å². The van der Waals surface area contributed by atoms with E-state index in [-0.39, 0.29) is 30.1 Å². The average molecular weight is 372 g/mol. The van der Waals surface area contributed by atoms with Crippen LogP contribution in [-0.4, -0.2) is 30.4 Å². The van der Waals surface area contributed by atoms with Crippen molar-refractivity contribution in [1.29, 1.82) is 0 Å². The van der Waals surface area contributed by atoms with Crippen molar-refractivity contribution in [3.8, 4) is 0 Å². The molecule has 3 saturated carbocycles. The molecule has 0 aliphatic heterocycles. The molecule has 25 heavy (non-hydrogen) atoms. The van der Waals surface area contributed by atoms with Crippen molar-refractivity contribution in [3.63, 3.8) is 0 Å². The Bertz CT molecular complexity index is 440. The third kappa shape index (κ3) is 5.58. The molecule has 4 N–H and O–H groups in total. The fourth-order valence-corrected chi connectivity index (χ4v) is 5.09. The zero-order valence-electron chi connectivity index (χ0n) is 15.2. The van der Waals surface area contributed by atoms with Crippen LogP contribution in [0.4, 0.5) is 0 Å². The van der Waals surface area contributed by atoms with Gasteiger partial charge in [0.1, 0.15) is 0 Å². The molecule has 0 radical (unpaired) electrons. The van der Waals surface area contributed by atoms with E-state index in [2.05, 4.69) is 10.6 Å². The summed E-state index contributed by atoms with van der Waals surface area (Å²) in [5.74, 6) is 1.49. The van der Waals surface area contributed by atoms with E-state index in [9.17, 15) is 9.59 Å². The zero-order valence-corrected chi connectivity index (χ0v) is 16.0. The van der Waals surface area contributed by atoms with Gasteiger partial charge in [0.25, 0.3) is 0 Å². The summed E-state index contributed by atoms with van der Waals surface area (Å²) in [7, 11) is 0. The first-order chi connectivity index (χ1) is 11.6. The highest BCUT2D eigenvalue weighted by Crippen LogP contribution is 2.39. The van der Waals surface area contributed by atoms with Crippen LogP contribution in [0.5, 0.6) is 0 Å². The van der Waals surface area contributed by atoms with Crippen LogP contribution in [0.15, 0.2) is 0 Å². The normalized spacial score (nSPS) is 32.4. The molecule has 3 aliphatic rings. The van der Waals surface area contributed by atoms with E-state index in [0.29, 0.717) is 36.9 Å². The van der Waals surface area contributed by atoms with Gasteiger partial charge in [-0.3, -0.25) is 9.59 Å². The minimum absolute atomic E-state index is 0. The molecule has 0 aromatic rings. The van der Waals surface area contributed by atoms with Crippen molar-refractivity contribution in [1.82, 2.24) is 10.6 Å². The highest BCUT2D eigenvalue weighted by atomic mass is 35.5. The topological polar surface area (TPSA) is 84.2 Å². The fourth-order valence-electron chi connectivity index (χ4n) is 5.09. The number of carbonyl (C=O) groups excluding carboxylic acids is 2. The molecule has 5 nitrogen and oxygen atoms in total. The van der Waals surface area contributed by atoms with E-state index in [1.54, 1.807) is 0 Å². The molecule has 2 unspecified atom stereocenters. The van der Waals surface area contributed by atoms with E-state index in [1.807, 2.05) is 0 Å². The Morgan fingerprint density at radius 2 is 1.56 bits per heavy atom. The van der Waals surface area contributed by atoms with Crippen molar-refractivity contribution in [3.05, 3.63) is 0 Å². The van der Waals surface area contributed by atoms with Gasteiger partial charge in [-0.25, -0.2) is 0 Å². The monoisotopic (exact) mass is 371 g/mol. The van der Waals surface area contributed by atoms with E-state index in [1.165, 1.54) is 25.7 Å². The molecular weight excluding hydrogens is 338 g/mol. The lowest BCUT2D eigenvalue weighted by molar-refractivity contribution is -0.126. The molecule has 3 rings (SSSR count). The number of carbonyl (C=O) groups is 2. The van der Waals surface area contributed by atoms with Crippen molar-refractivity contribution < 1.29 is 9.59 Å². The largest absolute Gasteiger partial charge is 0.355 e. The van der Waals surface area contributed by atoms with Crippen LogP contribution >= 0.6 is 12.4 Å². The second kappa shape index (κ2) is 9.77. The van der Waals surface area contributed by atoms with Crippen LogP contribution in [-0.2, 0) is 9.59 Å². The molecule has 2 amide bonds. The Hall–Kier alpha value is -0.810. The molecular formula is C19H34ClN3O2. The smallest absolute Gasteiger partial charge is 0.223 e. The predicted molar refractivity (Wildman–Crippen MR) is 101 cm³/mol. The first kappa shape index (κ1) is 20.5. The Balaban J connectivity index is 0.00000225. The minimum atomic E-state index is 0. The molecule has 2 bridgehead atoms. The molecule has 6 heteroatoms. The highest BCUT2D eigenvalue weighted by molar-refractivity contribution is 5.85. The number of rotatable bonds is 5. The van der Waals surface area contributed by atoms with Gasteiger partial charge in [0, 0.05) is 31.0 Å². The summed E-state index contributed by atoms with van der Waals surface area (Å²) in [4.78, 5) is 24.4. The minimum Gasteiger partial charge on any atom is -0.355 e. The summed E-state index contributed by atoms with van der Waals surface area (Å²) in [6.45, 7) is 0.461. The lowest BCUT2D eigenvalue weighted by Gasteiger charge is -2.45. The second-order valence-electron chi connectivity index (χ2n) is 8.15. The number of nitrogens with one attached hydrogen (secondary N) is 2. The Morgan fingerprint density at radius 1 is 0.920 bits per heavy atom. The van der Waals surface area contributed by atoms with Crippen molar-refractivity contribution >= 4 is 24.2 Å². The van der Waals surface area contributed by atoms with E-state index in [0.717, 1.165) is 38.5 Å². The van der Waals surface area contributed by atoms with Gasteiger partial charge in [-0.2, -0.15) is 0 Å². The Morgan fingerprint density at radius 3 is 2.20 bits per heavy atom. The SMILES string of the molecule is Cl.NC1CC2CCCC(C1)C2NC(=O)CCNC(=O)C1CCCCC1. The maximum Gasteiger partial charge on any atom is 0.223 e. The fraction of sp³-hybridized carbons (Fsp3) is 0.895. The maximum absolute atomic E-state index is 12.3. The number of halogens is 1. The lowest BCUT2D eigenvalue weighted by atomic mass is 9.67. The summed E-state index contributed by atoms with van der Waals surface area (Å²) in [6, 6.07) is 0.614. The third-order valence-electron chi connectivity index (χ3n) is 6.33. The summed E-state index contributed by atoms with van der Waals surface area (Å²) < 4.78 is 0. The number of nitrogens with two attached hydrogens (primary N) is 1. The van der Waals surface area contributed by atoms with Gasteiger partial charge < -0.3 is 16.4 Å². The van der Waals surface area contributed by atoms with E-state index in [4.69, 9.17) is 5.73 Å². The van der Waals surface area contributed by atoms with Crippen molar-refractivity contribution in [2.45, 2.75) is 82.7 Å². The van der Waals surface area contributed by atoms with Crippen LogP contribution < -0.4 is 16.4 Å². The van der Waals surface area contributed by atoms with Gasteiger partial charge in [-0.05, 0) is 50.4 Å². The predicted octanol–water partition coefficient (Wildman–Crippen LogP) is 2.52. The summed E-state index contributed by atoms with van der Waals surface area (Å²) in [5, 5.41) is 6.21.